The number of carbonyl (C=O) groups is 4. The third-order valence-corrected chi connectivity index (χ3v) is 11.2. The molecule has 0 heterocycles. The molecule has 2 aliphatic rings. The van der Waals surface area contributed by atoms with Crippen LogP contribution < -0.4 is 10.6 Å². The van der Waals surface area contributed by atoms with Crippen molar-refractivity contribution in [2.75, 3.05) is 27.3 Å². The zero-order valence-electron chi connectivity index (χ0n) is 38.7. The summed E-state index contributed by atoms with van der Waals surface area (Å²) in [6.45, 7) is 3.93. The summed E-state index contributed by atoms with van der Waals surface area (Å²) in [5, 5.41) is 25.2. The van der Waals surface area contributed by atoms with E-state index < -0.39 is 29.7 Å². The highest BCUT2D eigenvalue weighted by Gasteiger charge is 2.22. The number of rotatable bonds is 20. The van der Waals surface area contributed by atoms with Gasteiger partial charge in [-0.2, -0.15) is 0 Å². The van der Waals surface area contributed by atoms with Crippen molar-refractivity contribution in [3.8, 4) is 0 Å². The van der Waals surface area contributed by atoms with Crippen molar-refractivity contribution >= 4 is 23.9 Å². The Hall–Kier alpha value is -4.28. The minimum absolute atomic E-state index is 0.128. The molecule has 0 aliphatic heterocycles. The molecule has 2 aromatic rings. The lowest BCUT2D eigenvalue weighted by atomic mass is 9.97. The quantitative estimate of drug-likeness (QED) is 0.0575. The van der Waals surface area contributed by atoms with Gasteiger partial charge in [-0.05, 0) is 70.2 Å². The van der Waals surface area contributed by atoms with Crippen LogP contribution >= 0.6 is 0 Å². The van der Waals surface area contributed by atoms with Crippen molar-refractivity contribution in [3.63, 3.8) is 0 Å². The summed E-state index contributed by atoms with van der Waals surface area (Å²) in [4.78, 5) is 45.6. The number of hydrogen-bond donors (Lipinski definition) is 4. The van der Waals surface area contributed by atoms with Crippen molar-refractivity contribution in [2.45, 2.75) is 179 Å². The fraction of sp³-hybridized carbons (Fsp3) is 0.615. The molecular weight excluding hydrogens is 781 g/mol. The minimum Gasteiger partial charge on any atom is -0.481 e. The molecule has 348 valence electrons. The van der Waals surface area contributed by atoms with Crippen LogP contribution in [-0.2, 0) is 28.7 Å². The maximum atomic E-state index is 11.6. The summed E-state index contributed by atoms with van der Waals surface area (Å²) < 4.78 is 10.1. The van der Waals surface area contributed by atoms with Gasteiger partial charge in [0.15, 0.2) is 0 Å². The number of benzene rings is 2. The average Bonchev–Trinajstić information content (AvgIpc) is 3.25. The lowest BCUT2D eigenvalue weighted by Gasteiger charge is -2.18. The molecule has 0 amide bonds. The Morgan fingerprint density at radius 3 is 1.37 bits per heavy atom. The predicted molar refractivity (Wildman–Crippen MR) is 252 cm³/mol. The molecule has 4 rings (SSSR count). The first-order valence-corrected chi connectivity index (χ1v) is 23.7. The normalized spacial score (nSPS) is 15.9. The van der Waals surface area contributed by atoms with E-state index in [1.165, 1.54) is 89.9 Å². The molecule has 2 saturated carbocycles. The molecule has 0 radical (unpaired) electrons. The van der Waals surface area contributed by atoms with Gasteiger partial charge in [0.2, 0.25) is 0 Å². The van der Waals surface area contributed by atoms with Gasteiger partial charge in [0, 0.05) is 18.5 Å². The second-order valence-corrected chi connectivity index (χ2v) is 16.2. The molecule has 2 atom stereocenters. The van der Waals surface area contributed by atoms with E-state index in [1.807, 2.05) is 30.4 Å². The van der Waals surface area contributed by atoms with E-state index in [1.54, 1.807) is 54.6 Å². The van der Waals surface area contributed by atoms with E-state index >= 15 is 0 Å². The first-order chi connectivity index (χ1) is 30.2. The van der Waals surface area contributed by atoms with Gasteiger partial charge in [-0.15, -0.1) is 0 Å². The molecule has 0 aromatic heterocycles. The van der Waals surface area contributed by atoms with Crippen LogP contribution in [0.15, 0.2) is 85.0 Å². The summed E-state index contributed by atoms with van der Waals surface area (Å²) in [7, 11) is 4.18. The number of carboxylic acids is 2. The molecule has 0 saturated heterocycles. The van der Waals surface area contributed by atoms with Crippen LogP contribution in [0.3, 0.4) is 0 Å². The first-order valence-electron chi connectivity index (χ1n) is 23.7. The molecule has 2 fully saturated rings. The second kappa shape index (κ2) is 38.4. The fourth-order valence-corrected chi connectivity index (χ4v) is 7.19. The Morgan fingerprint density at radius 1 is 0.565 bits per heavy atom. The smallest absolute Gasteiger partial charge is 0.314 e. The van der Waals surface area contributed by atoms with Gasteiger partial charge < -0.3 is 30.3 Å². The molecule has 10 nitrogen and oxygen atoms in total. The fourth-order valence-electron chi connectivity index (χ4n) is 7.19. The third kappa shape index (κ3) is 29.1. The highest BCUT2D eigenvalue weighted by atomic mass is 16.5. The number of ether oxygens (including phenoxy) is 2. The largest absolute Gasteiger partial charge is 0.481 e. The van der Waals surface area contributed by atoms with Crippen molar-refractivity contribution in [1.29, 1.82) is 0 Å². The number of carboxylic acid groups (broad SMARTS) is 2. The highest BCUT2D eigenvalue weighted by Crippen LogP contribution is 2.19. The van der Waals surface area contributed by atoms with Gasteiger partial charge in [-0.25, -0.2) is 0 Å². The topological polar surface area (TPSA) is 151 Å². The van der Waals surface area contributed by atoms with Crippen LogP contribution in [0.4, 0.5) is 0 Å². The zero-order valence-corrected chi connectivity index (χ0v) is 38.7. The summed E-state index contributed by atoms with van der Waals surface area (Å²) in [6.07, 6.45) is 34.2. The van der Waals surface area contributed by atoms with Crippen LogP contribution in [-0.4, -0.2) is 73.5 Å². The van der Waals surface area contributed by atoms with Crippen molar-refractivity contribution in [1.82, 2.24) is 10.6 Å². The van der Waals surface area contributed by atoms with E-state index in [0.29, 0.717) is 17.5 Å². The Labute approximate surface area is 374 Å². The number of allylic oxidation sites excluding steroid dienone is 3. The van der Waals surface area contributed by atoms with Crippen LogP contribution in [0.5, 0.6) is 0 Å². The number of carbonyl (C=O) groups excluding carboxylic acids is 2. The molecule has 2 aliphatic carbocycles. The van der Waals surface area contributed by atoms with Crippen molar-refractivity contribution in [2.24, 2.45) is 0 Å². The van der Waals surface area contributed by atoms with E-state index in [0.717, 1.165) is 44.2 Å². The van der Waals surface area contributed by atoms with E-state index in [4.69, 9.17) is 9.47 Å². The lowest BCUT2D eigenvalue weighted by Crippen LogP contribution is -2.25. The average molecular weight is 863 g/mol. The summed E-state index contributed by atoms with van der Waals surface area (Å²) in [6, 6.07) is 19.2. The standard InChI is InChI=1S/2C17H22O4.2C9H19N/c2*1-2-3-4-5-9-12-16(18)21-13-15(17(19)20)14-10-7-6-8-11-14;2*1-10-9-7-5-3-2-4-6-8-9/h5-11,15H,2-4,12-13H2,1H3,(H,19,20);4-8,10-11,15H,2-3,9,12-13H2,1H3,(H,19,20);2*9-10H,2-8H2,1H3/b9-5+;5-4+;;. The van der Waals surface area contributed by atoms with Crippen LogP contribution in [0.2, 0.25) is 0 Å². The number of esters is 2. The summed E-state index contributed by atoms with van der Waals surface area (Å²) in [5.41, 5.74) is 1.27. The molecule has 62 heavy (non-hydrogen) atoms. The highest BCUT2D eigenvalue weighted by molar-refractivity contribution is 5.78. The number of hydrogen-bond acceptors (Lipinski definition) is 8. The SMILES string of the molecule is CCC/C=C/CCC(=O)OCC(C(=O)O)c1ccccc1.CCCC/C=C/CC(=O)OCC(C(=O)O)c1ccccc1.CNC1CCCCCCC1.CNC1CCCCCCC1. The van der Waals surface area contributed by atoms with E-state index in [-0.39, 0.29) is 32.0 Å². The first kappa shape index (κ1) is 55.7. The van der Waals surface area contributed by atoms with Crippen LogP contribution in [0, 0.1) is 0 Å². The number of unbranched alkanes of at least 4 members (excludes halogenated alkanes) is 3. The zero-order chi connectivity index (χ0) is 45.5. The number of aliphatic carboxylic acids is 2. The Bertz CT molecular complexity index is 1440. The summed E-state index contributed by atoms with van der Waals surface area (Å²) in [5.74, 6) is -4.38. The second-order valence-electron chi connectivity index (χ2n) is 16.2. The van der Waals surface area contributed by atoms with Gasteiger partial charge >= 0.3 is 23.9 Å². The minimum atomic E-state index is -0.993. The number of nitrogens with one attached hydrogen (secondary N) is 2. The van der Waals surface area contributed by atoms with Gasteiger partial charge in [-0.1, -0.05) is 182 Å². The molecule has 0 bridgehead atoms. The monoisotopic (exact) mass is 863 g/mol. The van der Waals surface area contributed by atoms with Crippen LogP contribution in [0.25, 0.3) is 0 Å². The Kier molecular flexibility index (Phi) is 34.5. The maximum absolute atomic E-state index is 11.6. The summed E-state index contributed by atoms with van der Waals surface area (Å²) >= 11 is 0. The molecule has 10 heteroatoms. The van der Waals surface area contributed by atoms with Crippen molar-refractivity contribution < 1.29 is 38.9 Å². The van der Waals surface area contributed by atoms with Gasteiger partial charge in [0.1, 0.15) is 25.0 Å². The predicted octanol–water partition coefficient (Wildman–Crippen LogP) is 11.7. The van der Waals surface area contributed by atoms with E-state index in [9.17, 15) is 29.4 Å². The van der Waals surface area contributed by atoms with Gasteiger partial charge in [0.25, 0.3) is 0 Å². The van der Waals surface area contributed by atoms with Gasteiger partial charge in [-0.3, -0.25) is 19.2 Å². The molecule has 4 N–H and O–H groups in total. The third-order valence-electron chi connectivity index (χ3n) is 11.2. The van der Waals surface area contributed by atoms with E-state index in [2.05, 4.69) is 38.6 Å². The lowest BCUT2D eigenvalue weighted by molar-refractivity contribution is -0.149. The molecular formula is C52H82N2O8. The van der Waals surface area contributed by atoms with Gasteiger partial charge in [0.05, 0.1) is 6.42 Å². The Morgan fingerprint density at radius 2 is 0.968 bits per heavy atom. The molecule has 0 spiro atoms. The Balaban J connectivity index is 0.000000437. The molecule has 2 unspecified atom stereocenters. The van der Waals surface area contributed by atoms with Crippen LogP contribution in [0.1, 0.15) is 178 Å². The maximum Gasteiger partial charge on any atom is 0.314 e. The van der Waals surface area contributed by atoms with Crippen molar-refractivity contribution in [3.05, 3.63) is 96.1 Å². The molecule has 2 aromatic carbocycles.